The highest BCUT2D eigenvalue weighted by atomic mass is 19.1. The van der Waals surface area contributed by atoms with E-state index in [9.17, 15) is 4.39 Å². The van der Waals surface area contributed by atoms with Crippen molar-refractivity contribution in [3.63, 3.8) is 0 Å². The second-order valence-corrected chi connectivity index (χ2v) is 4.96. The van der Waals surface area contributed by atoms with Crippen LogP contribution in [0, 0.1) is 5.82 Å². The van der Waals surface area contributed by atoms with Crippen LogP contribution in [0.15, 0.2) is 28.7 Å². The first-order chi connectivity index (χ1) is 10.3. The molecule has 0 amide bonds. The molecule has 1 N–H and O–H groups in total. The van der Waals surface area contributed by atoms with E-state index < -0.39 is 0 Å². The minimum Gasteiger partial charge on any atom is -0.407 e. The third kappa shape index (κ3) is 3.13. The molecular weight excluding hydrogens is 273 g/mol. The van der Waals surface area contributed by atoms with Gasteiger partial charge in [-0.1, -0.05) is 5.10 Å². The molecule has 6 nitrogen and oxygen atoms in total. The standard InChI is InChI=1S/C14H18FN5O/c1-16-10-13-17-18-14(21-13)20-8-6-19(7-9-20)12-4-2-11(15)3-5-12/h2-5,16H,6-10H2,1H3. The summed E-state index contributed by atoms with van der Waals surface area (Å²) in [6.45, 7) is 3.87. The number of hydrogen-bond acceptors (Lipinski definition) is 6. The Morgan fingerprint density at radius 3 is 2.43 bits per heavy atom. The second kappa shape index (κ2) is 6.09. The monoisotopic (exact) mass is 291 g/mol. The Balaban J connectivity index is 1.60. The van der Waals surface area contributed by atoms with Crippen LogP contribution in [-0.2, 0) is 6.54 Å². The lowest BCUT2D eigenvalue weighted by atomic mass is 10.2. The molecule has 112 valence electrons. The van der Waals surface area contributed by atoms with E-state index in [0.717, 1.165) is 31.9 Å². The maximum atomic E-state index is 12.9. The molecule has 7 heteroatoms. The van der Waals surface area contributed by atoms with Gasteiger partial charge in [-0.15, -0.1) is 5.10 Å². The highest BCUT2D eigenvalue weighted by Gasteiger charge is 2.21. The fourth-order valence-electron chi connectivity index (χ4n) is 2.40. The van der Waals surface area contributed by atoms with Crippen LogP contribution in [-0.4, -0.2) is 43.4 Å². The summed E-state index contributed by atoms with van der Waals surface area (Å²) in [5.41, 5.74) is 1.04. The van der Waals surface area contributed by atoms with E-state index in [1.54, 1.807) is 0 Å². The third-order valence-electron chi connectivity index (χ3n) is 3.53. The molecule has 2 aromatic rings. The van der Waals surface area contributed by atoms with E-state index in [-0.39, 0.29) is 5.82 Å². The lowest BCUT2D eigenvalue weighted by Gasteiger charge is -2.35. The maximum absolute atomic E-state index is 12.9. The highest BCUT2D eigenvalue weighted by molar-refractivity contribution is 5.48. The molecular formula is C14H18FN5O. The molecule has 1 saturated heterocycles. The van der Waals surface area contributed by atoms with Gasteiger partial charge in [0.05, 0.1) is 6.54 Å². The molecule has 0 radical (unpaired) electrons. The van der Waals surface area contributed by atoms with Crippen LogP contribution in [0.3, 0.4) is 0 Å². The number of nitrogens with one attached hydrogen (secondary N) is 1. The topological polar surface area (TPSA) is 57.4 Å². The molecule has 1 aromatic carbocycles. The first-order valence-electron chi connectivity index (χ1n) is 6.99. The van der Waals surface area contributed by atoms with Crippen molar-refractivity contribution in [1.29, 1.82) is 0 Å². The molecule has 1 fully saturated rings. The SMILES string of the molecule is CNCc1nnc(N2CCN(c3ccc(F)cc3)CC2)o1. The number of piperazine rings is 1. The Labute approximate surface area is 122 Å². The molecule has 1 aliphatic rings. The van der Waals surface area contributed by atoms with Gasteiger partial charge in [0.25, 0.3) is 0 Å². The maximum Gasteiger partial charge on any atom is 0.318 e. The molecule has 1 aliphatic heterocycles. The summed E-state index contributed by atoms with van der Waals surface area (Å²) in [4.78, 5) is 4.30. The Morgan fingerprint density at radius 1 is 1.10 bits per heavy atom. The molecule has 2 heterocycles. The van der Waals surface area contributed by atoms with Gasteiger partial charge in [-0.05, 0) is 31.3 Å². The van der Waals surface area contributed by atoms with Gasteiger partial charge in [-0.3, -0.25) is 0 Å². The van der Waals surface area contributed by atoms with E-state index in [0.29, 0.717) is 18.5 Å². The van der Waals surface area contributed by atoms with Crippen molar-refractivity contribution < 1.29 is 8.81 Å². The van der Waals surface area contributed by atoms with Gasteiger partial charge in [0.15, 0.2) is 0 Å². The molecule has 0 unspecified atom stereocenters. The summed E-state index contributed by atoms with van der Waals surface area (Å²) in [5, 5.41) is 11.0. The number of hydrogen-bond donors (Lipinski definition) is 1. The van der Waals surface area contributed by atoms with Crippen LogP contribution in [0.1, 0.15) is 5.89 Å². The average Bonchev–Trinajstić information content (AvgIpc) is 2.97. The molecule has 3 rings (SSSR count). The minimum atomic E-state index is -0.208. The molecule has 1 aromatic heterocycles. The molecule has 0 bridgehead atoms. The molecule has 0 spiro atoms. The smallest absolute Gasteiger partial charge is 0.318 e. The third-order valence-corrected chi connectivity index (χ3v) is 3.53. The summed E-state index contributed by atoms with van der Waals surface area (Å²) in [6, 6.07) is 7.16. The van der Waals surface area contributed by atoms with E-state index in [1.807, 2.05) is 19.2 Å². The van der Waals surface area contributed by atoms with Gasteiger partial charge in [-0.25, -0.2) is 4.39 Å². The van der Waals surface area contributed by atoms with Crippen molar-refractivity contribution >= 4 is 11.7 Å². The Morgan fingerprint density at radius 2 is 1.76 bits per heavy atom. The summed E-state index contributed by atoms with van der Waals surface area (Å²) in [6.07, 6.45) is 0. The number of anilines is 2. The molecule has 0 saturated carbocycles. The van der Waals surface area contributed by atoms with E-state index in [1.165, 1.54) is 12.1 Å². The summed E-state index contributed by atoms with van der Waals surface area (Å²) < 4.78 is 18.5. The van der Waals surface area contributed by atoms with Gasteiger partial charge in [-0.2, -0.15) is 0 Å². The van der Waals surface area contributed by atoms with Gasteiger partial charge in [0.1, 0.15) is 5.82 Å². The Bertz CT molecular complexity index is 577. The number of halogens is 1. The van der Waals surface area contributed by atoms with E-state index in [2.05, 4.69) is 25.3 Å². The minimum absolute atomic E-state index is 0.208. The van der Waals surface area contributed by atoms with Crippen LogP contribution >= 0.6 is 0 Å². The Kier molecular flexibility index (Phi) is 4.01. The van der Waals surface area contributed by atoms with Crippen LogP contribution < -0.4 is 15.1 Å². The average molecular weight is 291 g/mol. The largest absolute Gasteiger partial charge is 0.407 e. The predicted molar refractivity (Wildman–Crippen MR) is 77.9 cm³/mol. The number of nitrogens with zero attached hydrogens (tertiary/aromatic N) is 4. The normalized spacial score (nSPS) is 15.5. The van der Waals surface area contributed by atoms with Crippen molar-refractivity contribution in [2.75, 3.05) is 43.0 Å². The second-order valence-electron chi connectivity index (χ2n) is 4.96. The molecule has 0 atom stereocenters. The van der Waals surface area contributed by atoms with Crippen LogP contribution in [0.25, 0.3) is 0 Å². The fourth-order valence-corrected chi connectivity index (χ4v) is 2.40. The molecule has 21 heavy (non-hydrogen) atoms. The quantitative estimate of drug-likeness (QED) is 0.915. The fraction of sp³-hybridized carbons (Fsp3) is 0.429. The van der Waals surface area contributed by atoms with Gasteiger partial charge >= 0.3 is 6.01 Å². The van der Waals surface area contributed by atoms with Crippen molar-refractivity contribution in [2.24, 2.45) is 0 Å². The lowest BCUT2D eigenvalue weighted by molar-refractivity contribution is 0.463. The van der Waals surface area contributed by atoms with Crippen molar-refractivity contribution in [3.05, 3.63) is 36.0 Å². The van der Waals surface area contributed by atoms with Crippen molar-refractivity contribution in [1.82, 2.24) is 15.5 Å². The number of aromatic nitrogens is 2. The summed E-state index contributed by atoms with van der Waals surface area (Å²) in [5.74, 6) is 0.383. The first kappa shape index (κ1) is 13.8. The van der Waals surface area contributed by atoms with Crippen molar-refractivity contribution in [2.45, 2.75) is 6.54 Å². The molecule has 0 aliphatic carbocycles. The number of rotatable bonds is 4. The van der Waals surface area contributed by atoms with E-state index in [4.69, 9.17) is 4.42 Å². The van der Waals surface area contributed by atoms with Crippen molar-refractivity contribution in [3.8, 4) is 0 Å². The Hall–Kier alpha value is -2.15. The zero-order valence-corrected chi connectivity index (χ0v) is 11.9. The predicted octanol–water partition coefficient (Wildman–Crippen LogP) is 1.25. The summed E-state index contributed by atoms with van der Waals surface area (Å²) >= 11 is 0. The van der Waals surface area contributed by atoms with Crippen LogP contribution in [0.2, 0.25) is 0 Å². The van der Waals surface area contributed by atoms with Gasteiger partial charge in [0, 0.05) is 31.9 Å². The van der Waals surface area contributed by atoms with Gasteiger partial charge < -0.3 is 19.5 Å². The van der Waals surface area contributed by atoms with Crippen LogP contribution in [0.4, 0.5) is 16.1 Å². The lowest BCUT2D eigenvalue weighted by Crippen LogP contribution is -2.46. The number of benzene rings is 1. The summed E-state index contributed by atoms with van der Waals surface area (Å²) in [7, 11) is 1.84. The van der Waals surface area contributed by atoms with Gasteiger partial charge in [0.2, 0.25) is 5.89 Å². The van der Waals surface area contributed by atoms with E-state index >= 15 is 0 Å². The first-order valence-corrected chi connectivity index (χ1v) is 6.99. The highest BCUT2D eigenvalue weighted by Crippen LogP contribution is 2.20. The zero-order chi connectivity index (χ0) is 14.7. The zero-order valence-electron chi connectivity index (χ0n) is 11.9. The van der Waals surface area contributed by atoms with Crippen LogP contribution in [0.5, 0.6) is 0 Å².